The summed E-state index contributed by atoms with van der Waals surface area (Å²) < 4.78 is 28.7. The van der Waals surface area contributed by atoms with Crippen molar-refractivity contribution in [3.05, 3.63) is 15.9 Å². The Morgan fingerprint density at radius 1 is 0.920 bits per heavy atom. The summed E-state index contributed by atoms with van der Waals surface area (Å²) in [5, 5.41) is 0. The van der Waals surface area contributed by atoms with E-state index in [1.54, 1.807) is 10.4 Å². The van der Waals surface area contributed by atoms with Crippen molar-refractivity contribution in [3.8, 4) is 0 Å². The van der Waals surface area contributed by atoms with Gasteiger partial charge in [0.2, 0.25) is 0 Å². The number of halogens is 1. The third kappa shape index (κ3) is 2.94. The van der Waals surface area contributed by atoms with Gasteiger partial charge in [-0.15, -0.1) is 11.3 Å². The van der Waals surface area contributed by atoms with E-state index < -0.39 is 10.0 Å². The maximum absolute atomic E-state index is 12.8. The Kier molecular flexibility index (Phi) is 4.32. The molecule has 0 radical (unpaired) electrons. The minimum absolute atomic E-state index is 0.461. The fourth-order valence-electron chi connectivity index (χ4n) is 6.30. The molecule has 7 heteroatoms. The number of nitrogens with zero attached hydrogens (tertiary/aromatic N) is 2. The molecule has 1 aromatic heterocycles. The third-order valence-electron chi connectivity index (χ3n) is 7.01. The van der Waals surface area contributed by atoms with Crippen LogP contribution in [0, 0.1) is 23.7 Å². The molecule has 2 heterocycles. The molecule has 0 amide bonds. The third-order valence-corrected chi connectivity index (χ3v) is 11.0. The standard InChI is InChI=1S/C18H25BrN2O2S2/c19-16-1-2-17(24-16)25(22,23)21-5-3-20(4-6-21)18-14-8-12-7-13(10-14)11-15(18)9-12/h1-2,12-15,18H,3-11H2. The summed E-state index contributed by atoms with van der Waals surface area (Å²) in [4.78, 5) is 2.64. The monoisotopic (exact) mass is 444 g/mol. The van der Waals surface area contributed by atoms with Gasteiger partial charge in [0.1, 0.15) is 4.21 Å². The van der Waals surface area contributed by atoms with Crippen LogP contribution in [0.25, 0.3) is 0 Å². The largest absolute Gasteiger partial charge is 0.297 e. The van der Waals surface area contributed by atoms with Crippen LogP contribution in [0.2, 0.25) is 0 Å². The summed E-state index contributed by atoms with van der Waals surface area (Å²) in [6.45, 7) is 3.08. The van der Waals surface area contributed by atoms with Crippen molar-refractivity contribution in [3.63, 3.8) is 0 Å². The lowest BCUT2D eigenvalue weighted by Gasteiger charge is -2.58. The highest BCUT2D eigenvalue weighted by atomic mass is 79.9. The van der Waals surface area contributed by atoms with E-state index in [9.17, 15) is 8.42 Å². The normalized spacial score (nSPS) is 39.2. The van der Waals surface area contributed by atoms with Gasteiger partial charge in [-0.3, -0.25) is 4.90 Å². The lowest BCUT2D eigenvalue weighted by atomic mass is 9.54. The predicted octanol–water partition coefficient (Wildman–Crippen LogP) is 3.64. The van der Waals surface area contributed by atoms with Crippen LogP contribution in [0.1, 0.15) is 32.1 Å². The van der Waals surface area contributed by atoms with Gasteiger partial charge in [0, 0.05) is 32.2 Å². The van der Waals surface area contributed by atoms with E-state index in [1.807, 2.05) is 6.07 Å². The first-order chi connectivity index (χ1) is 12.0. The zero-order chi connectivity index (χ0) is 17.2. The van der Waals surface area contributed by atoms with Crippen LogP contribution in [0.3, 0.4) is 0 Å². The van der Waals surface area contributed by atoms with E-state index in [0.717, 1.165) is 46.6 Å². The van der Waals surface area contributed by atoms with Crippen molar-refractivity contribution in [1.29, 1.82) is 0 Å². The number of hydrogen-bond acceptors (Lipinski definition) is 4. The minimum Gasteiger partial charge on any atom is -0.297 e. The van der Waals surface area contributed by atoms with E-state index in [4.69, 9.17) is 0 Å². The molecule has 5 fully saturated rings. The fourth-order valence-corrected chi connectivity index (χ4v) is 9.88. The smallest absolute Gasteiger partial charge is 0.252 e. The van der Waals surface area contributed by atoms with Gasteiger partial charge < -0.3 is 0 Å². The Labute approximate surface area is 162 Å². The molecule has 1 aliphatic heterocycles. The zero-order valence-electron chi connectivity index (χ0n) is 14.3. The van der Waals surface area contributed by atoms with Gasteiger partial charge in [-0.05, 0) is 83.8 Å². The second-order valence-corrected chi connectivity index (χ2v) is 13.0. The Morgan fingerprint density at radius 3 is 2.04 bits per heavy atom. The fraction of sp³-hybridized carbons (Fsp3) is 0.778. The molecule has 4 saturated carbocycles. The molecule has 1 aromatic rings. The number of hydrogen-bond donors (Lipinski definition) is 0. The predicted molar refractivity (Wildman–Crippen MR) is 103 cm³/mol. The van der Waals surface area contributed by atoms with Crippen LogP contribution < -0.4 is 0 Å². The maximum atomic E-state index is 12.8. The van der Waals surface area contributed by atoms with E-state index in [2.05, 4.69) is 20.8 Å². The summed E-state index contributed by atoms with van der Waals surface area (Å²) >= 11 is 4.68. The molecule has 4 aliphatic carbocycles. The van der Waals surface area contributed by atoms with E-state index >= 15 is 0 Å². The van der Waals surface area contributed by atoms with E-state index in [-0.39, 0.29) is 0 Å². The van der Waals surface area contributed by atoms with Crippen LogP contribution in [0.15, 0.2) is 20.1 Å². The van der Waals surface area contributed by atoms with Gasteiger partial charge in [0.15, 0.2) is 0 Å². The molecule has 138 valence electrons. The Bertz CT molecular complexity index is 727. The van der Waals surface area contributed by atoms with Crippen molar-refractivity contribution in [2.45, 2.75) is 42.4 Å². The first-order valence-corrected chi connectivity index (χ1v) is 12.5. The van der Waals surface area contributed by atoms with Crippen LogP contribution in [0.4, 0.5) is 0 Å². The molecule has 0 atom stereocenters. The van der Waals surface area contributed by atoms with E-state index in [0.29, 0.717) is 17.3 Å². The number of rotatable bonds is 3. The summed E-state index contributed by atoms with van der Waals surface area (Å²) in [5.74, 6) is 3.76. The van der Waals surface area contributed by atoms with Crippen LogP contribution >= 0.6 is 27.3 Å². The second-order valence-electron chi connectivity index (χ2n) is 8.42. The SMILES string of the molecule is O=S(=O)(c1ccc(Br)s1)N1CCN(C2C3CC4CC(C3)CC2C4)CC1. The lowest BCUT2D eigenvalue weighted by molar-refractivity contribution is -0.0720. The highest BCUT2D eigenvalue weighted by Crippen LogP contribution is 2.55. The van der Waals surface area contributed by atoms with Crippen LogP contribution in [-0.4, -0.2) is 49.8 Å². The number of thiophene rings is 1. The molecule has 4 nitrogen and oxygen atoms in total. The van der Waals surface area contributed by atoms with Gasteiger partial charge >= 0.3 is 0 Å². The topological polar surface area (TPSA) is 40.6 Å². The van der Waals surface area contributed by atoms with Crippen LogP contribution in [0.5, 0.6) is 0 Å². The molecule has 4 bridgehead atoms. The first kappa shape index (κ1) is 17.2. The molecular weight excluding hydrogens is 420 g/mol. The Morgan fingerprint density at radius 2 is 1.52 bits per heavy atom. The van der Waals surface area contributed by atoms with Gasteiger partial charge in [0.25, 0.3) is 10.0 Å². The average molecular weight is 445 g/mol. The highest BCUT2D eigenvalue weighted by Gasteiger charge is 2.50. The van der Waals surface area contributed by atoms with Crippen molar-refractivity contribution in [2.24, 2.45) is 23.7 Å². The minimum atomic E-state index is -3.32. The first-order valence-electron chi connectivity index (χ1n) is 9.50. The van der Waals surface area contributed by atoms with Gasteiger partial charge in [-0.25, -0.2) is 8.42 Å². The zero-order valence-corrected chi connectivity index (χ0v) is 17.5. The lowest BCUT2D eigenvalue weighted by Crippen LogP contribution is -2.60. The van der Waals surface area contributed by atoms with Gasteiger partial charge in [0.05, 0.1) is 3.79 Å². The van der Waals surface area contributed by atoms with Gasteiger partial charge in [-0.1, -0.05) is 0 Å². The molecule has 0 N–H and O–H groups in total. The maximum Gasteiger partial charge on any atom is 0.252 e. The molecule has 5 aliphatic rings. The molecule has 25 heavy (non-hydrogen) atoms. The average Bonchev–Trinajstić information content (AvgIpc) is 3.02. The number of sulfonamides is 1. The Hall–Kier alpha value is 0.0500. The molecular formula is C18H25BrN2O2S2. The summed E-state index contributed by atoms with van der Waals surface area (Å²) in [6, 6.07) is 4.27. The summed E-state index contributed by atoms with van der Waals surface area (Å²) in [7, 11) is -3.32. The molecule has 0 unspecified atom stereocenters. The van der Waals surface area contributed by atoms with Crippen molar-refractivity contribution in [1.82, 2.24) is 9.21 Å². The summed E-state index contributed by atoms with van der Waals surface area (Å²) in [5.41, 5.74) is 0. The van der Waals surface area contributed by atoms with Crippen LogP contribution in [-0.2, 0) is 10.0 Å². The molecule has 0 aromatic carbocycles. The quantitative estimate of drug-likeness (QED) is 0.714. The van der Waals surface area contributed by atoms with E-state index in [1.165, 1.54) is 43.4 Å². The highest BCUT2D eigenvalue weighted by molar-refractivity contribution is 9.11. The van der Waals surface area contributed by atoms with Crippen molar-refractivity contribution < 1.29 is 8.42 Å². The van der Waals surface area contributed by atoms with Crippen molar-refractivity contribution >= 4 is 37.3 Å². The molecule has 1 saturated heterocycles. The molecule has 6 rings (SSSR count). The number of piperazine rings is 1. The Balaban J connectivity index is 1.27. The summed E-state index contributed by atoms with van der Waals surface area (Å²) in [6.07, 6.45) is 7.21. The second kappa shape index (κ2) is 6.30. The van der Waals surface area contributed by atoms with Crippen molar-refractivity contribution in [2.75, 3.05) is 26.2 Å². The van der Waals surface area contributed by atoms with Gasteiger partial charge in [-0.2, -0.15) is 4.31 Å². The molecule has 0 spiro atoms.